The van der Waals surface area contributed by atoms with Crippen molar-refractivity contribution in [2.45, 2.75) is 37.7 Å². The van der Waals surface area contributed by atoms with E-state index < -0.39 is 0 Å². The van der Waals surface area contributed by atoms with Crippen LogP contribution in [0.2, 0.25) is 0 Å². The van der Waals surface area contributed by atoms with Gasteiger partial charge in [0.15, 0.2) is 0 Å². The summed E-state index contributed by atoms with van der Waals surface area (Å²) in [6, 6.07) is 2.12. The lowest BCUT2D eigenvalue weighted by atomic mass is 9.79. The van der Waals surface area contributed by atoms with Gasteiger partial charge in [0.25, 0.3) is 0 Å². The zero-order chi connectivity index (χ0) is 12.4. The largest absolute Gasteiger partial charge is 0.378 e. The van der Waals surface area contributed by atoms with E-state index in [-0.39, 0.29) is 5.38 Å². The lowest BCUT2D eigenvalue weighted by Crippen LogP contribution is -2.31. The molecule has 1 saturated carbocycles. The molecule has 0 saturated heterocycles. The zero-order valence-corrected chi connectivity index (χ0v) is 14.3. The normalized spacial score (nSPS) is 25.6. The van der Waals surface area contributed by atoms with Gasteiger partial charge in [0.2, 0.25) is 0 Å². The Morgan fingerprint density at radius 3 is 2.76 bits per heavy atom. The molecule has 1 unspecified atom stereocenters. The summed E-state index contributed by atoms with van der Waals surface area (Å²) in [5, 5.41) is 0.134. The van der Waals surface area contributed by atoms with Gasteiger partial charge in [-0.3, -0.25) is 0 Å². The molecular weight excluding hydrogens is 387 g/mol. The van der Waals surface area contributed by atoms with E-state index in [1.807, 2.05) is 0 Å². The van der Waals surface area contributed by atoms with Crippen molar-refractivity contribution < 1.29 is 4.74 Å². The fourth-order valence-electron chi connectivity index (χ4n) is 2.17. The van der Waals surface area contributed by atoms with Gasteiger partial charge in [-0.05, 0) is 70.0 Å². The van der Waals surface area contributed by atoms with E-state index in [1.165, 1.54) is 17.7 Å². The number of hydrogen-bond donors (Lipinski definition) is 0. The van der Waals surface area contributed by atoms with Crippen molar-refractivity contribution in [3.05, 3.63) is 19.2 Å². The Morgan fingerprint density at radius 1 is 1.53 bits per heavy atom. The predicted octanol–water partition coefficient (Wildman–Crippen LogP) is 5.76. The van der Waals surface area contributed by atoms with E-state index in [4.69, 9.17) is 16.3 Å². The second-order valence-electron chi connectivity index (χ2n) is 4.39. The van der Waals surface area contributed by atoms with Crippen LogP contribution in [-0.4, -0.2) is 12.7 Å². The van der Waals surface area contributed by atoms with Gasteiger partial charge in [0.05, 0.1) is 15.3 Å². The third kappa shape index (κ3) is 3.69. The Morgan fingerprint density at radius 2 is 2.24 bits per heavy atom. The van der Waals surface area contributed by atoms with Crippen LogP contribution >= 0.6 is 54.8 Å². The number of thiophene rings is 1. The summed E-state index contributed by atoms with van der Waals surface area (Å²) in [5.74, 6) is 0.730. The van der Waals surface area contributed by atoms with Crippen molar-refractivity contribution in [2.24, 2.45) is 5.92 Å². The zero-order valence-electron chi connectivity index (χ0n) is 9.59. The van der Waals surface area contributed by atoms with Gasteiger partial charge < -0.3 is 4.74 Å². The maximum absolute atomic E-state index is 6.45. The van der Waals surface area contributed by atoms with Crippen molar-refractivity contribution in [1.82, 2.24) is 0 Å². The molecule has 1 atom stereocenters. The van der Waals surface area contributed by atoms with Gasteiger partial charge in [-0.1, -0.05) is 0 Å². The minimum absolute atomic E-state index is 0.134. The molecule has 0 spiro atoms. The topological polar surface area (TPSA) is 9.23 Å². The van der Waals surface area contributed by atoms with Gasteiger partial charge in [-0.15, -0.1) is 22.9 Å². The fraction of sp³-hybridized carbons (Fsp3) is 0.667. The average molecular weight is 403 g/mol. The Balaban J connectivity index is 1.80. The van der Waals surface area contributed by atoms with Gasteiger partial charge in [0, 0.05) is 16.0 Å². The summed E-state index contributed by atoms with van der Waals surface area (Å²) in [6.07, 6.45) is 3.88. The van der Waals surface area contributed by atoms with Gasteiger partial charge in [-0.2, -0.15) is 0 Å². The highest BCUT2D eigenvalue weighted by molar-refractivity contribution is 9.13. The molecule has 1 aliphatic rings. The minimum atomic E-state index is 0.134. The number of alkyl halides is 1. The highest BCUT2D eigenvalue weighted by atomic mass is 79.9. The van der Waals surface area contributed by atoms with E-state index in [0.717, 1.165) is 27.2 Å². The molecule has 2 rings (SSSR count). The molecule has 17 heavy (non-hydrogen) atoms. The molecule has 1 aromatic heterocycles. The Kier molecular flexibility index (Phi) is 5.37. The first-order valence-corrected chi connectivity index (χ1v) is 8.64. The number of ether oxygens (including phenoxy) is 1. The van der Waals surface area contributed by atoms with Crippen molar-refractivity contribution in [2.75, 3.05) is 6.61 Å². The highest BCUT2D eigenvalue weighted by Gasteiger charge is 2.31. The smallest absolute Gasteiger partial charge is 0.0843 e. The highest BCUT2D eigenvalue weighted by Crippen LogP contribution is 2.43. The molecule has 0 aromatic carbocycles. The van der Waals surface area contributed by atoms with Crippen molar-refractivity contribution in [3.8, 4) is 0 Å². The summed E-state index contributed by atoms with van der Waals surface area (Å²) in [6.45, 7) is 2.88. The maximum Gasteiger partial charge on any atom is 0.0843 e. The SMILES string of the molecule is CCOC1CC(CC(Cl)c2cc(Br)c(Br)s2)C1. The third-order valence-corrected chi connectivity index (χ3v) is 7.02. The lowest BCUT2D eigenvalue weighted by molar-refractivity contribution is -0.0266. The first-order valence-electron chi connectivity index (χ1n) is 5.80. The molecule has 96 valence electrons. The van der Waals surface area contributed by atoms with E-state index in [1.54, 1.807) is 11.3 Å². The van der Waals surface area contributed by atoms with Crippen LogP contribution in [0.3, 0.4) is 0 Å². The van der Waals surface area contributed by atoms with Crippen LogP contribution in [0.25, 0.3) is 0 Å². The Labute approximate surface area is 128 Å². The van der Waals surface area contributed by atoms with E-state index in [0.29, 0.717) is 6.10 Å². The molecule has 0 aliphatic heterocycles. The fourth-order valence-corrected chi connectivity index (χ4v) is 4.69. The van der Waals surface area contributed by atoms with Gasteiger partial charge in [0.1, 0.15) is 0 Å². The molecule has 1 aromatic rings. The summed E-state index contributed by atoms with van der Waals surface area (Å²) >= 11 is 15.2. The third-order valence-electron chi connectivity index (χ3n) is 3.11. The molecule has 1 aliphatic carbocycles. The molecule has 0 radical (unpaired) electrons. The van der Waals surface area contributed by atoms with Crippen molar-refractivity contribution >= 4 is 54.8 Å². The van der Waals surface area contributed by atoms with Crippen LogP contribution in [0.4, 0.5) is 0 Å². The molecule has 0 N–H and O–H groups in total. The van der Waals surface area contributed by atoms with Crippen LogP contribution in [0, 0.1) is 5.92 Å². The van der Waals surface area contributed by atoms with Crippen molar-refractivity contribution in [1.29, 1.82) is 0 Å². The van der Waals surface area contributed by atoms with E-state index >= 15 is 0 Å². The quantitative estimate of drug-likeness (QED) is 0.569. The molecule has 5 heteroatoms. The number of rotatable bonds is 5. The van der Waals surface area contributed by atoms with Gasteiger partial charge in [-0.25, -0.2) is 0 Å². The standard InChI is InChI=1S/C12H15Br2ClOS/c1-2-16-8-3-7(4-8)5-10(15)11-6-9(13)12(14)17-11/h6-8,10H,2-5H2,1H3. The second kappa shape index (κ2) is 6.38. The van der Waals surface area contributed by atoms with Crippen LogP contribution in [0.15, 0.2) is 14.3 Å². The second-order valence-corrected chi connectivity index (χ2v) is 8.17. The molecular formula is C12H15Br2ClOS. The number of halogens is 3. The van der Waals surface area contributed by atoms with Gasteiger partial charge >= 0.3 is 0 Å². The summed E-state index contributed by atoms with van der Waals surface area (Å²) in [4.78, 5) is 1.24. The van der Waals surface area contributed by atoms with Crippen LogP contribution in [-0.2, 0) is 4.74 Å². The maximum atomic E-state index is 6.45. The monoisotopic (exact) mass is 400 g/mol. The molecule has 0 bridgehead atoms. The van der Waals surface area contributed by atoms with E-state index in [9.17, 15) is 0 Å². The Hall–Kier alpha value is 0.910. The number of hydrogen-bond acceptors (Lipinski definition) is 2. The van der Waals surface area contributed by atoms with Crippen LogP contribution < -0.4 is 0 Å². The summed E-state index contributed by atoms with van der Waals surface area (Å²) in [7, 11) is 0. The first-order chi connectivity index (χ1) is 8.10. The molecule has 1 fully saturated rings. The van der Waals surface area contributed by atoms with E-state index in [2.05, 4.69) is 44.8 Å². The van der Waals surface area contributed by atoms with Crippen molar-refractivity contribution in [3.63, 3.8) is 0 Å². The lowest BCUT2D eigenvalue weighted by Gasteiger charge is -2.35. The van der Waals surface area contributed by atoms with Crippen LogP contribution in [0.1, 0.15) is 36.4 Å². The van der Waals surface area contributed by atoms with Crippen LogP contribution in [0.5, 0.6) is 0 Å². The predicted molar refractivity (Wildman–Crippen MR) is 81.1 cm³/mol. The Bertz CT molecular complexity index is 357. The summed E-state index contributed by atoms with van der Waals surface area (Å²) in [5.41, 5.74) is 0. The molecule has 1 heterocycles. The average Bonchev–Trinajstić information content (AvgIpc) is 2.56. The minimum Gasteiger partial charge on any atom is -0.378 e. The molecule has 1 nitrogen and oxygen atoms in total. The summed E-state index contributed by atoms with van der Waals surface area (Å²) < 4.78 is 7.79. The molecule has 0 amide bonds. The first kappa shape index (κ1) is 14.3.